The van der Waals surface area contributed by atoms with Crippen molar-refractivity contribution in [3.63, 3.8) is 0 Å². The highest BCUT2D eigenvalue weighted by molar-refractivity contribution is 6.46. The normalized spacial score (nSPS) is 17.7. The first-order valence-electron chi connectivity index (χ1n) is 10.7. The van der Waals surface area contributed by atoms with Crippen molar-refractivity contribution in [1.29, 1.82) is 0 Å². The third kappa shape index (κ3) is 4.04. The van der Waals surface area contributed by atoms with E-state index in [0.717, 1.165) is 17.5 Å². The summed E-state index contributed by atoms with van der Waals surface area (Å²) in [6, 6.07) is 17.4. The lowest BCUT2D eigenvalue weighted by molar-refractivity contribution is -0.140. The van der Waals surface area contributed by atoms with Crippen molar-refractivity contribution < 1.29 is 23.8 Å². The van der Waals surface area contributed by atoms with Crippen LogP contribution in [0, 0.1) is 0 Å². The average Bonchev–Trinajstić information content (AvgIpc) is 3.41. The van der Waals surface area contributed by atoms with E-state index in [1.165, 1.54) is 11.2 Å². The molecule has 2 aromatic carbocycles. The molecule has 3 aromatic rings. The number of ketones is 1. The van der Waals surface area contributed by atoms with E-state index in [2.05, 4.69) is 6.92 Å². The molecule has 4 rings (SSSR count). The Morgan fingerprint density at radius 3 is 2.50 bits per heavy atom. The van der Waals surface area contributed by atoms with E-state index >= 15 is 0 Å². The molecule has 0 bridgehead atoms. The van der Waals surface area contributed by atoms with Crippen molar-refractivity contribution >= 4 is 17.4 Å². The van der Waals surface area contributed by atoms with Crippen LogP contribution in [0.2, 0.25) is 0 Å². The number of aryl methyl sites for hydroxylation is 1. The molecule has 1 atom stereocenters. The van der Waals surface area contributed by atoms with E-state index in [1.54, 1.807) is 36.4 Å². The Morgan fingerprint density at radius 1 is 1.06 bits per heavy atom. The first-order valence-corrected chi connectivity index (χ1v) is 10.7. The summed E-state index contributed by atoms with van der Waals surface area (Å²) >= 11 is 0. The maximum absolute atomic E-state index is 13.1. The van der Waals surface area contributed by atoms with Crippen molar-refractivity contribution in [3.8, 4) is 5.75 Å². The molecule has 0 saturated carbocycles. The van der Waals surface area contributed by atoms with Gasteiger partial charge in [-0.1, -0.05) is 43.3 Å². The lowest BCUT2D eigenvalue weighted by atomic mass is 9.94. The third-order valence-electron chi connectivity index (χ3n) is 5.57. The van der Waals surface area contributed by atoms with E-state index in [9.17, 15) is 14.7 Å². The monoisotopic (exact) mass is 431 g/mol. The Balaban J connectivity index is 1.84. The molecular formula is C26H25NO5. The number of Topliss-reactive ketones (excluding diaryl/α,β-unsaturated/α-hetero) is 1. The van der Waals surface area contributed by atoms with Crippen molar-refractivity contribution in [2.75, 3.05) is 6.61 Å². The quantitative estimate of drug-likeness (QED) is 0.328. The number of aliphatic hydroxyl groups is 1. The molecule has 0 radical (unpaired) electrons. The maximum atomic E-state index is 13.1. The van der Waals surface area contributed by atoms with Gasteiger partial charge >= 0.3 is 0 Å². The summed E-state index contributed by atoms with van der Waals surface area (Å²) in [5.74, 6) is -0.490. The molecule has 1 saturated heterocycles. The Labute approximate surface area is 186 Å². The van der Waals surface area contributed by atoms with Gasteiger partial charge < -0.3 is 19.2 Å². The number of likely N-dealkylation sites (tertiary alicyclic amines) is 1. The summed E-state index contributed by atoms with van der Waals surface area (Å²) in [5.41, 5.74) is 2.36. The predicted molar refractivity (Wildman–Crippen MR) is 120 cm³/mol. The zero-order chi connectivity index (χ0) is 22.7. The minimum Gasteiger partial charge on any atom is -0.507 e. The lowest BCUT2D eigenvalue weighted by Gasteiger charge is -2.24. The number of rotatable bonds is 7. The molecule has 1 aliphatic rings. The number of furan rings is 1. The van der Waals surface area contributed by atoms with Crippen LogP contribution in [0.1, 0.15) is 42.3 Å². The first-order chi connectivity index (χ1) is 15.5. The number of carbonyl (C=O) groups excluding carboxylic acids is 2. The second kappa shape index (κ2) is 9.14. The van der Waals surface area contributed by atoms with Gasteiger partial charge in [0, 0.05) is 5.56 Å². The fourth-order valence-electron chi connectivity index (χ4n) is 3.95. The van der Waals surface area contributed by atoms with Gasteiger partial charge in [0.15, 0.2) is 0 Å². The van der Waals surface area contributed by atoms with Gasteiger partial charge in [-0.15, -0.1) is 0 Å². The van der Waals surface area contributed by atoms with Crippen LogP contribution in [-0.4, -0.2) is 28.3 Å². The van der Waals surface area contributed by atoms with Gasteiger partial charge in [-0.05, 0) is 48.7 Å². The standard InChI is InChI=1S/C26H25NO5/c1-3-17-10-12-18(13-11-17)23-22(24(28)19-7-5-8-20(15-19)31-4-2)25(29)26(30)27(23)16-21-9-6-14-32-21/h5-15,23,28H,3-4,16H2,1-2H3. The van der Waals surface area contributed by atoms with Gasteiger partial charge in [0.25, 0.3) is 11.7 Å². The molecule has 0 aliphatic carbocycles. The number of hydrogen-bond acceptors (Lipinski definition) is 5. The Bertz CT molecular complexity index is 1150. The van der Waals surface area contributed by atoms with Crippen LogP contribution in [0.25, 0.3) is 5.76 Å². The van der Waals surface area contributed by atoms with Gasteiger partial charge in [0.2, 0.25) is 0 Å². The summed E-state index contributed by atoms with van der Waals surface area (Å²) < 4.78 is 10.9. The van der Waals surface area contributed by atoms with Gasteiger partial charge in [0.1, 0.15) is 17.3 Å². The second-order valence-corrected chi connectivity index (χ2v) is 7.56. The molecule has 6 nitrogen and oxygen atoms in total. The van der Waals surface area contributed by atoms with Crippen LogP contribution in [0.3, 0.4) is 0 Å². The van der Waals surface area contributed by atoms with E-state index < -0.39 is 17.7 Å². The zero-order valence-corrected chi connectivity index (χ0v) is 18.1. The highest BCUT2D eigenvalue weighted by atomic mass is 16.5. The molecule has 1 fully saturated rings. The average molecular weight is 431 g/mol. The lowest BCUT2D eigenvalue weighted by Crippen LogP contribution is -2.29. The highest BCUT2D eigenvalue weighted by Gasteiger charge is 2.46. The van der Waals surface area contributed by atoms with Crippen LogP contribution in [0.15, 0.2) is 76.9 Å². The third-order valence-corrected chi connectivity index (χ3v) is 5.57. The molecule has 1 amide bonds. The molecule has 0 spiro atoms. The number of amides is 1. The van der Waals surface area contributed by atoms with Gasteiger partial charge in [-0.2, -0.15) is 0 Å². The Hall–Kier alpha value is -3.80. The number of nitrogens with zero attached hydrogens (tertiary/aromatic N) is 1. The van der Waals surface area contributed by atoms with E-state index in [0.29, 0.717) is 23.7 Å². The van der Waals surface area contributed by atoms with Gasteiger partial charge in [-0.3, -0.25) is 9.59 Å². The van der Waals surface area contributed by atoms with Gasteiger partial charge in [-0.25, -0.2) is 0 Å². The number of hydrogen-bond donors (Lipinski definition) is 1. The Morgan fingerprint density at radius 2 is 1.84 bits per heavy atom. The predicted octanol–water partition coefficient (Wildman–Crippen LogP) is 4.86. The SMILES string of the molecule is CCOc1cccc(C(O)=C2C(=O)C(=O)N(Cc3ccco3)C2c2ccc(CC)cc2)c1. The van der Waals surface area contributed by atoms with E-state index in [-0.39, 0.29) is 17.9 Å². The Kier molecular flexibility index (Phi) is 6.12. The maximum Gasteiger partial charge on any atom is 0.296 e. The molecule has 6 heteroatoms. The van der Waals surface area contributed by atoms with E-state index in [4.69, 9.17) is 9.15 Å². The minimum absolute atomic E-state index is 0.0550. The smallest absolute Gasteiger partial charge is 0.296 e. The molecular weight excluding hydrogens is 406 g/mol. The van der Waals surface area contributed by atoms with Crippen molar-refractivity contribution in [1.82, 2.24) is 4.90 Å². The summed E-state index contributed by atoms with van der Waals surface area (Å²) in [6.07, 6.45) is 2.40. The molecule has 1 N–H and O–H groups in total. The number of carbonyl (C=O) groups is 2. The topological polar surface area (TPSA) is 80.0 Å². The fraction of sp³-hybridized carbons (Fsp3) is 0.231. The molecule has 1 aromatic heterocycles. The van der Waals surface area contributed by atoms with Crippen LogP contribution in [0.4, 0.5) is 0 Å². The molecule has 1 unspecified atom stereocenters. The van der Waals surface area contributed by atoms with Crippen molar-refractivity contribution in [2.45, 2.75) is 32.9 Å². The molecule has 32 heavy (non-hydrogen) atoms. The summed E-state index contributed by atoms with van der Waals surface area (Å²) in [5, 5.41) is 11.2. The number of aliphatic hydroxyl groups excluding tert-OH is 1. The largest absolute Gasteiger partial charge is 0.507 e. The summed E-state index contributed by atoms with van der Waals surface area (Å²) in [7, 11) is 0. The molecule has 1 aliphatic heterocycles. The fourth-order valence-corrected chi connectivity index (χ4v) is 3.95. The van der Waals surface area contributed by atoms with Crippen LogP contribution in [0.5, 0.6) is 5.75 Å². The summed E-state index contributed by atoms with van der Waals surface area (Å²) in [4.78, 5) is 27.6. The molecule has 2 heterocycles. The van der Waals surface area contributed by atoms with Gasteiger partial charge in [0.05, 0.1) is 31.0 Å². The van der Waals surface area contributed by atoms with Crippen molar-refractivity contribution in [3.05, 3.63) is 95.0 Å². The van der Waals surface area contributed by atoms with Crippen LogP contribution in [-0.2, 0) is 22.6 Å². The number of ether oxygens (including phenoxy) is 1. The highest BCUT2D eigenvalue weighted by Crippen LogP contribution is 2.40. The minimum atomic E-state index is -0.734. The zero-order valence-electron chi connectivity index (χ0n) is 18.1. The number of benzene rings is 2. The summed E-state index contributed by atoms with van der Waals surface area (Å²) in [6.45, 7) is 4.52. The van der Waals surface area contributed by atoms with Crippen LogP contribution < -0.4 is 4.74 Å². The van der Waals surface area contributed by atoms with Crippen molar-refractivity contribution in [2.24, 2.45) is 0 Å². The molecule has 164 valence electrons. The van der Waals surface area contributed by atoms with Crippen LogP contribution >= 0.6 is 0 Å². The second-order valence-electron chi connectivity index (χ2n) is 7.56. The first kappa shape index (κ1) is 21.4. The van der Waals surface area contributed by atoms with E-state index in [1.807, 2.05) is 31.2 Å².